The number of benzene rings is 4. The van der Waals surface area contributed by atoms with Crippen molar-refractivity contribution in [2.24, 2.45) is 17.8 Å². The molecule has 0 spiro atoms. The Balaban J connectivity index is 1.18. The van der Waals surface area contributed by atoms with Gasteiger partial charge in [-0.3, -0.25) is 0 Å². The van der Waals surface area contributed by atoms with Gasteiger partial charge >= 0.3 is 0 Å². The van der Waals surface area contributed by atoms with Gasteiger partial charge in [-0.1, -0.05) is 118 Å². The lowest BCUT2D eigenvalue weighted by Gasteiger charge is -2.45. The summed E-state index contributed by atoms with van der Waals surface area (Å²) in [5.74, 6) is 2.83. The van der Waals surface area contributed by atoms with Gasteiger partial charge in [-0.15, -0.1) is 0 Å². The minimum atomic E-state index is 0.0906. The summed E-state index contributed by atoms with van der Waals surface area (Å²) in [4.78, 5) is 0. The highest BCUT2D eigenvalue weighted by Crippen LogP contribution is 2.50. The topological polar surface area (TPSA) is 52.0 Å². The van der Waals surface area contributed by atoms with Crippen LogP contribution in [0.15, 0.2) is 97.1 Å². The minimum Gasteiger partial charge on any atom is -0.399 e. The van der Waals surface area contributed by atoms with Gasteiger partial charge in [0.15, 0.2) is 0 Å². The number of anilines is 2. The quantitative estimate of drug-likeness (QED) is 0.133. The van der Waals surface area contributed by atoms with Crippen LogP contribution in [0.2, 0.25) is 0 Å². The summed E-state index contributed by atoms with van der Waals surface area (Å²) in [5, 5.41) is 0. The lowest BCUT2D eigenvalue weighted by Crippen LogP contribution is -2.36. The molecule has 0 aliphatic heterocycles. The second kappa shape index (κ2) is 14.7. The zero-order valence-electron chi connectivity index (χ0n) is 27.5. The SMILES string of the molecule is CCCCCC1CCC(C2CCC(c3ccc(Cc4ccc(N)cc4)cc3)(c3ccc(Cc4ccc(N)cc4)cc3)CC2)CC1. The lowest BCUT2D eigenvalue weighted by molar-refractivity contribution is 0.140. The van der Waals surface area contributed by atoms with Gasteiger partial charge in [-0.25, -0.2) is 0 Å². The zero-order chi connectivity index (χ0) is 31.1. The molecule has 4 aromatic rings. The number of hydrogen-bond donors (Lipinski definition) is 2. The molecule has 2 heteroatoms. The van der Waals surface area contributed by atoms with Gasteiger partial charge in [0.25, 0.3) is 0 Å². The predicted molar refractivity (Wildman–Crippen MR) is 193 cm³/mol. The third-order valence-electron chi connectivity index (χ3n) is 11.4. The molecule has 2 aliphatic carbocycles. The van der Waals surface area contributed by atoms with Crippen molar-refractivity contribution in [2.75, 3.05) is 11.5 Å². The Morgan fingerprint density at radius 3 is 1.33 bits per heavy atom. The number of rotatable bonds is 11. The van der Waals surface area contributed by atoms with E-state index in [0.717, 1.165) is 42.0 Å². The van der Waals surface area contributed by atoms with E-state index in [9.17, 15) is 0 Å². The minimum absolute atomic E-state index is 0.0906. The summed E-state index contributed by atoms with van der Waals surface area (Å²) in [7, 11) is 0. The number of unbranched alkanes of at least 4 members (excludes halogenated alkanes) is 2. The van der Waals surface area contributed by atoms with E-state index < -0.39 is 0 Å². The Morgan fingerprint density at radius 2 is 0.911 bits per heavy atom. The average Bonchev–Trinajstić information content (AvgIpc) is 3.08. The Labute approximate surface area is 272 Å². The van der Waals surface area contributed by atoms with Crippen LogP contribution in [0.1, 0.15) is 117 Å². The van der Waals surface area contributed by atoms with Gasteiger partial charge in [0, 0.05) is 16.8 Å². The Morgan fingerprint density at radius 1 is 0.511 bits per heavy atom. The second-order valence-corrected chi connectivity index (χ2v) is 14.4. The molecule has 0 unspecified atom stereocenters. The smallest absolute Gasteiger partial charge is 0.0314 e. The summed E-state index contributed by atoms with van der Waals surface area (Å²) in [5.41, 5.74) is 21.9. The highest BCUT2D eigenvalue weighted by atomic mass is 14.5. The predicted octanol–water partition coefficient (Wildman–Crippen LogP) is 10.9. The van der Waals surface area contributed by atoms with E-state index in [1.54, 1.807) is 0 Å². The summed E-state index contributed by atoms with van der Waals surface area (Å²) in [6.07, 6.45) is 18.6. The molecule has 4 aromatic carbocycles. The zero-order valence-corrected chi connectivity index (χ0v) is 27.5. The fourth-order valence-corrected chi connectivity index (χ4v) is 8.61. The first-order valence-electron chi connectivity index (χ1n) is 17.9. The molecule has 0 aromatic heterocycles. The molecule has 45 heavy (non-hydrogen) atoms. The number of nitrogen functional groups attached to an aromatic ring is 2. The third kappa shape index (κ3) is 7.83. The fraction of sp³-hybridized carbons (Fsp3) is 0.442. The number of hydrogen-bond acceptors (Lipinski definition) is 2. The maximum atomic E-state index is 5.93. The Bertz CT molecular complexity index is 1360. The molecule has 0 heterocycles. The molecular weight excluding hydrogens is 544 g/mol. The molecular formula is C43H54N2. The van der Waals surface area contributed by atoms with Crippen LogP contribution in [-0.2, 0) is 18.3 Å². The van der Waals surface area contributed by atoms with E-state index >= 15 is 0 Å². The van der Waals surface area contributed by atoms with Crippen molar-refractivity contribution in [2.45, 2.75) is 102 Å². The van der Waals surface area contributed by atoms with Crippen molar-refractivity contribution >= 4 is 11.4 Å². The largest absolute Gasteiger partial charge is 0.399 e. The maximum Gasteiger partial charge on any atom is 0.0314 e. The molecule has 4 N–H and O–H groups in total. The van der Waals surface area contributed by atoms with Crippen molar-refractivity contribution < 1.29 is 0 Å². The van der Waals surface area contributed by atoms with Crippen molar-refractivity contribution in [3.63, 3.8) is 0 Å². The van der Waals surface area contributed by atoms with Crippen LogP contribution < -0.4 is 11.5 Å². The molecule has 6 rings (SSSR count). The molecule has 0 atom stereocenters. The molecule has 0 saturated heterocycles. The van der Waals surface area contributed by atoms with Crippen LogP contribution in [0.3, 0.4) is 0 Å². The van der Waals surface area contributed by atoms with Gasteiger partial charge in [0.05, 0.1) is 0 Å². The summed E-state index contributed by atoms with van der Waals surface area (Å²) >= 11 is 0. The van der Waals surface area contributed by atoms with Gasteiger partial charge in [0.2, 0.25) is 0 Å². The maximum absolute atomic E-state index is 5.93. The first-order valence-corrected chi connectivity index (χ1v) is 17.9. The van der Waals surface area contributed by atoms with E-state index in [-0.39, 0.29) is 5.41 Å². The van der Waals surface area contributed by atoms with Crippen LogP contribution in [0.4, 0.5) is 11.4 Å². The highest BCUT2D eigenvalue weighted by Gasteiger charge is 2.40. The van der Waals surface area contributed by atoms with Gasteiger partial charge < -0.3 is 11.5 Å². The first kappa shape index (κ1) is 31.5. The third-order valence-corrected chi connectivity index (χ3v) is 11.4. The molecule has 0 bridgehead atoms. The van der Waals surface area contributed by atoms with Crippen LogP contribution in [0.25, 0.3) is 0 Å². The molecule has 0 radical (unpaired) electrons. The van der Waals surface area contributed by atoms with Gasteiger partial charge in [0.1, 0.15) is 0 Å². The van der Waals surface area contributed by atoms with Crippen LogP contribution >= 0.6 is 0 Å². The van der Waals surface area contributed by atoms with E-state index in [2.05, 4.69) is 79.7 Å². The molecule has 0 amide bonds. The van der Waals surface area contributed by atoms with E-state index in [1.165, 1.54) is 110 Å². The van der Waals surface area contributed by atoms with E-state index in [0.29, 0.717) is 0 Å². The van der Waals surface area contributed by atoms with Gasteiger partial charge in [-0.2, -0.15) is 0 Å². The van der Waals surface area contributed by atoms with Crippen molar-refractivity contribution in [3.8, 4) is 0 Å². The van der Waals surface area contributed by atoms with Crippen LogP contribution in [-0.4, -0.2) is 0 Å². The first-order chi connectivity index (χ1) is 22.0. The van der Waals surface area contributed by atoms with Crippen molar-refractivity contribution in [1.29, 1.82) is 0 Å². The highest BCUT2D eigenvalue weighted by molar-refractivity contribution is 5.45. The Kier molecular flexibility index (Phi) is 10.3. The van der Waals surface area contributed by atoms with E-state index in [4.69, 9.17) is 11.5 Å². The average molecular weight is 599 g/mol. The molecule has 236 valence electrons. The lowest BCUT2D eigenvalue weighted by atomic mass is 9.60. The molecule has 2 nitrogen and oxygen atoms in total. The summed E-state index contributed by atoms with van der Waals surface area (Å²) in [6, 6.07) is 35.9. The second-order valence-electron chi connectivity index (χ2n) is 14.4. The standard InChI is InChI=1S/C43H54N2/c1-2-3-4-5-32-6-16-37(17-7-32)38-26-28-43(29-27-38,39-18-8-33(9-19-39)30-35-12-22-41(44)23-13-35)40-20-10-34(11-21-40)31-36-14-24-42(45)25-15-36/h8-15,18-25,32,37-38H,2-7,16-17,26-31,44-45H2,1H3. The van der Waals surface area contributed by atoms with Crippen molar-refractivity contribution in [3.05, 3.63) is 130 Å². The van der Waals surface area contributed by atoms with Crippen LogP contribution in [0, 0.1) is 17.8 Å². The van der Waals surface area contributed by atoms with Crippen molar-refractivity contribution in [1.82, 2.24) is 0 Å². The molecule has 2 aliphatic rings. The van der Waals surface area contributed by atoms with Gasteiger partial charge in [-0.05, 0) is 127 Å². The monoisotopic (exact) mass is 598 g/mol. The summed E-state index contributed by atoms with van der Waals surface area (Å²) < 4.78 is 0. The molecule has 2 fully saturated rings. The fourth-order valence-electron chi connectivity index (χ4n) is 8.61. The molecule has 2 saturated carbocycles. The summed E-state index contributed by atoms with van der Waals surface area (Å²) in [6.45, 7) is 2.33. The van der Waals surface area contributed by atoms with E-state index in [1.807, 2.05) is 24.3 Å². The number of nitrogens with two attached hydrogens (primary N) is 2. The van der Waals surface area contributed by atoms with Crippen LogP contribution in [0.5, 0.6) is 0 Å². The normalized spacial score (nSPS) is 20.2. The Hall–Kier alpha value is -3.52.